The topological polar surface area (TPSA) is 80.1 Å². The van der Waals surface area contributed by atoms with E-state index in [1.54, 1.807) is 47.4 Å². The average Bonchev–Trinajstić information content (AvgIpc) is 3.32. The minimum atomic E-state index is -0.492. The highest BCUT2D eigenvalue weighted by molar-refractivity contribution is 6.31. The monoisotopic (exact) mass is 415 g/mol. The van der Waals surface area contributed by atoms with Crippen molar-refractivity contribution in [3.05, 3.63) is 65.2 Å². The Morgan fingerprint density at radius 1 is 1.14 bits per heavy atom. The number of anilines is 2. The first kappa shape index (κ1) is 18.5. The number of amides is 2. The molecule has 9 heteroatoms. The first-order chi connectivity index (χ1) is 13.5. The van der Waals surface area contributed by atoms with E-state index in [1.165, 1.54) is 17.3 Å². The lowest BCUT2D eigenvalue weighted by Crippen LogP contribution is -2.28. The number of hydrogen-bond donors (Lipinski definition) is 1. The molecule has 1 unspecified atom stereocenters. The van der Waals surface area contributed by atoms with Gasteiger partial charge in [0.2, 0.25) is 11.8 Å². The van der Waals surface area contributed by atoms with Crippen molar-refractivity contribution < 1.29 is 9.59 Å². The molecule has 1 aromatic heterocycles. The summed E-state index contributed by atoms with van der Waals surface area (Å²) in [5.74, 6) is -0.874. The van der Waals surface area contributed by atoms with E-state index in [2.05, 4.69) is 15.4 Å². The van der Waals surface area contributed by atoms with Crippen LogP contribution in [0, 0.1) is 5.92 Å². The predicted octanol–water partition coefficient (Wildman–Crippen LogP) is 3.57. The SMILES string of the molecule is O=C(Nc1cc(Cl)ccc1-n1cncn1)C1CC(=O)N(c2cccc(Cl)c2)C1. The summed E-state index contributed by atoms with van der Waals surface area (Å²) in [6, 6.07) is 12.1. The van der Waals surface area contributed by atoms with Crippen molar-refractivity contribution in [1.29, 1.82) is 0 Å². The molecular formula is C19H15Cl2N5O2. The molecule has 1 aliphatic rings. The molecule has 0 radical (unpaired) electrons. The zero-order chi connectivity index (χ0) is 19.7. The maximum Gasteiger partial charge on any atom is 0.229 e. The molecule has 1 fully saturated rings. The fraction of sp³-hybridized carbons (Fsp3) is 0.158. The van der Waals surface area contributed by atoms with E-state index in [4.69, 9.17) is 23.2 Å². The second-order valence-corrected chi connectivity index (χ2v) is 7.25. The number of hydrogen-bond acceptors (Lipinski definition) is 4. The molecule has 1 atom stereocenters. The summed E-state index contributed by atoms with van der Waals surface area (Å²) in [6.45, 7) is 0.282. The van der Waals surface area contributed by atoms with Crippen LogP contribution in [0.1, 0.15) is 6.42 Å². The molecule has 0 spiro atoms. The Morgan fingerprint density at radius 2 is 1.96 bits per heavy atom. The Labute approximate surface area is 170 Å². The van der Waals surface area contributed by atoms with Crippen LogP contribution >= 0.6 is 23.2 Å². The number of halogens is 2. The molecule has 2 amide bonds. The molecule has 2 aromatic carbocycles. The predicted molar refractivity (Wildman–Crippen MR) is 107 cm³/mol. The van der Waals surface area contributed by atoms with Crippen LogP contribution in [-0.2, 0) is 9.59 Å². The van der Waals surface area contributed by atoms with Gasteiger partial charge in [-0.2, -0.15) is 5.10 Å². The van der Waals surface area contributed by atoms with Gasteiger partial charge in [0.1, 0.15) is 12.7 Å². The highest BCUT2D eigenvalue weighted by atomic mass is 35.5. The minimum Gasteiger partial charge on any atom is -0.324 e. The molecule has 2 heterocycles. The first-order valence-corrected chi connectivity index (χ1v) is 9.28. The third-order valence-corrected chi connectivity index (χ3v) is 4.97. The van der Waals surface area contributed by atoms with Gasteiger partial charge in [0.05, 0.1) is 17.3 Å². The highest BCUT2D eigenvalue weighted by Gasteiger charge is 2.35. The van der Waals surface area contributed by atoms with Crippen LogP contribution in [0.15, 0.2) is 55.1 Å². The van der Waals surface area contributed by atoms with E-state index in [0.717, 1.165) is 0 Å². The van der Waals surface area contributed by atoms with Crippen molar-refractivity contribution >= 4 is 46.4 Å². The van der Waals surface area contributed by atoms with Gasteiger partial charge in [0.25, 0.3) is 0 Å². The molecule has 1 saturated heterocycles. The van der Waals surface area contributed by atoms with Crippen molar-refractivity contribution in [2.45, 2.75) is 6.42 Å². The Hall–Kier alpha value is -2.90. The smallest absolute Gasteiger partial charge is 0.229 e. The Kier molecular flexibility index (Phi) is 5.02. The maximum atomic E-state index is 12.8. The summed E-state index contributed by atoms with van der Waals surface area (Å²) >= 11 is 12.1. The lowest BCUT2D eigenvalue weighted by molar-refractivity contribution is -0.122. The highest BCUT2D eigenvalue weighted by Crippen LogP contribution is 2.29. The summed E-state index contributed by atoms with van der Waals surface area (Å²) in [4.78, 5) is 30.8. The Bertz CT molecular complexity index is 1040. The molecule has 7 nitrogen and oxygen atoms in total. The van der Waals surface area contributed by atoms with Crippen LogP contribution in [0.4, 0.5) is 11.4 Å². The summed E-state index contributed by atoms with van der Waals surface area (Å²) in [6.07, 6.45) is 3.05. The average molecular weight is 416 g/mol. The van der Waals surface area contributed by atoms with Crippen molar-refractivity contribution in [1.82, 2.24) is 14.8 Å². The molecule has 0 bridgehead atoms. The second-order valence-electron chi connectivity index (χ2n) is 6.38. The molecule has 28 heavy (non-hydrogen) atoms. The van der Waals surface area contributed by atoms with Crippen molar-refractivity contribution in [2.75, 3.05) is 16.8 Å². The van der Waals surface area contributed by atoms with Crippen LogP contribution in [-0.4, -0.2) is 33.1 Å². The summed E-state index contributed by atoms with van der Waals surface area (Å²) in [5, 5.41) is 7.97. The zero-order valence-corrected chi connectivity index (χ0v) is 16.1. The van der Waals surface area contributed by atoms with Gasteiger partial charge in [-0.15, -0.1) is 0 Å². The summed E-state index contributed by atoms with van der Waals surface area (Å²) in [5.41, 5.74) is 1.81. The van der Waals surface area contributed by atoms with Crippen LogP contribution in [0.25, 0.3) is 5.69 Å². The summed E-state index contributed by atoms with van der Waals surface area (Å²) in [7, 11) is 0. The largest absolute Gasteiger partial charge is 0.324 e. The number of rotatable bonds is 4. The lowest BCUT2D eigenvalue weighted by atomic mass is 10.1. The minimum absolute atomic E-state index is 0.120. The van der Waals surface area contributed by atoms with E-state index in [1.807, 2.05) is 0 Å². The Morgan fingerprint density at radius 3 is 2.71 bits per heavy atom. The quantitative estimate of drug-likeness (QED) is 0.705. The van der Waals surface area contributed by atoms with Gasteiger partial charge in [-0.1, -0.05) is 29.3 Å². The van der Waals surface area contributed by atoms with Crippen LogP contribution < -0.4 is 10.2 Å². The summed E-state index contributed by atoms with van der Waals surface area (Å²) < 4.78 is 1.53. The molecule has 1 N–H and O–H groups in total. The van der Waals surface area contributed by atoms with Gasteiger partial charge in [0.15, 0.2) is 0 Å². The number of aromatic nitrogens is 3. The molecular weight excluding hydrogens is 401 g/mol. The fourth-order valence-electron chi connectivity index (χ4n) is 3.15. The van der Waals surface area contributed by atoms with Crippen LogP contribution in [0.3, 0.4) is 0 Å². The third kappa shape index (κ3) is 3.72. The second kappa shape index (κ2) is 7.61. The molecule has 4 rings (SSSR count). The van der Waals surface area contributed by atoms with E-state index in [0.29, 0.717) is 27.1 Å². The van der Waals surface area contributed by atoms with Gasteiger partial charge in [0, 0.05) is 28.7 Å². The van der Waals surface area contributed by atoms with E-state index in [9.17, 15) is 9.59 Å². The first-order valence-electron chi connectivity index (χ1n) is 8.52. The molecule has 1 aliphatic heterocycles. The van der Waals surface area contributed by atoms with Crippen LogP contribution in [0.5, 0.6) is 0 Å². The van der Waals surface area contributed by atoms with E-state index < -0.39 is 5.92 Å². The van der Waals surface area contributed by atoms with Gasteiger partial charge < -0.3 is 10.2 Å². The van der Waals surface area contributed by atoms with Gasteiger partial charge in [-0.3, -0.25) is 9.59 Å². The number of benzene rings is 2. The zero-order valence-electron chi connectivity index (χ0n) is 14.5. The number of nitrogens with zero attached hydrogens (tertiary/aromatic N) is 4. The van der Waals surface area contributed by atoms with Gasteiger partial charge in [-0.05, 0) is 36.4 Å². The molecule has 0 aliphatic carbocycles. The Balaban J connectivity index is 1.54. The van der Waals surface area contributed by atoms with Gasteiger partial charge >= 0.3 is 0 Å². The third-order valence-electron chi connectivity index (χ3n) is 4.50. The normalized spacial score (nSPS) is 16.4. The van der Waals surface area contributed by atoms with E-state index in [-0.39, 0.29) is 24.8 Å². The standard InChI is InChI=1S/C19H15Cl2N5O2/c20-13-2-1-3-15(7-13)25-9-12(6-18(25)27)19(28)24-16-8-14(21)4-5-17(16)26-11-22-10-23-26/h1-5,7-8,10-12H,6,9H2,(H,24,28). The molecule has 3 aromatic rings. The molecule has 0 saturated carbocycles. The van der Waals surface area contributed by atoms with Crippen molar-refractivity contribution in [2.24, 2.45) is 5.92 Å². The van der Waals surface area contributed by atoms with Gasteiger partial charge in [-0.25, -0.2) is 9.67 Å². The van der Waals surface area contributed by atoms with Crippen molar-refractivity contribution in [3.8, 4) is 5.69 Å². The lowest BCUT2D eigenvalue weighted by Gasteiger charge is -2.17. The molecule has 142 valence electrons. The van der Waals surface area contributed by atoms with E-state index >= 15 is 0 Å². The number of carbonyl (C=O) groups excluding carboxylic acids is 2. The number of carbonyl (C=O) groups is 2. The van der Waals surface area contributed by atoms with Crippen molar-refractivity contribution in [3.63, 3.8) is 0 Å². The van der Waals surface area contributed by atoms with Crippen LogP contribution in [0.2, 0.25) is 10.0 Å². The number of nitrogens with one attached hydrogen (secondary N) is 1. The fourth-order valence-corrected chi connectivity index (χ4v) is 3.51. The maximum absolute atomic E-state index is 12.8.